The second-order valence-electron chi connectivity index (χ2n) is 6.43. The number of ether oxygens (including phenoxy) is 1. The first kappa shape index (κ1) is 14.7. The lowest BCUT2D eigenvalue weighted by atomic mass is 9.77. The highest BCUT2D eigenvalue weighted by Crippen LogP contribution is 2.53. The van der Waals surface area contributed by atoms with Crippen molar-refractivity contribution in [1.82, 2.24) is 4.90 Å². The number of aliphatic carboxylic acids is 1. The van der Waals surface area contributed by atoms with E-state index >= 15 is 0 Å². The van der Waals surface area contributed by atoms with Gasteiger partial charge in [0, 0.05) is 5.02 Å². The minimum absolute atomic E-state index is 0.147. The van der Waals surface area contributed by atoms with Crippen LogP contribution in [-0.4, -0.2) is 40.1 Å². The molecule has 4 rings (SSSR count). The van der Waals surface area contributed by atoms with E-state index in [2.05, 4.69) is 0 Å². The van der Waals surface area contributed by atoms with Gasteiger partial charge in [-0.15, -0.1) is 0 Å². The first-order valence-corrected chi connectivity index (χ1v) is 7.97. The van der Waals surface area contributed by atoms with Crippen molar-refractivity contribution in [3.63, 3.8) is 0 Å². The largest absolute Gasteiger partial charge is 0.481 e. The molecule has 1 aromatic carbocycles. The van der Waals surface area contributed by atoms with Crippen LogP contribution in [0.25, 0.3) is 0 Å². The minimum atomic E-state index is -0.972. The molecule has 120 valence electrons. The van der Waals surface area contributed by atoms with Crippen molar-refractivity contribution in [3.05, 3.63) is 47.0 Å². The Bertz CT molecular complexity index is 716. The summed E-state index contributed by atoms with van der Waals surface area (Å²) in [5.41, 5.74) is 0.176. The van der Waals surface area contributed by atoms with Crippen LogP contribution >= 0.6 is 11.6 Å². The van der Waals surface area contributed by atoms with E-state index in [1.165, 1.54) is 0 Å². The monoisotopic (exact) mass is 333 g/mol. The third-order valence-electron chi connectivity index (χ3n) is 5.23. The Morgan fingerprint density at radius 3 is 2.78 bits per heavy atom. The lowest BCUT2D eigenvalue weighted by Crippen LogP contribution is -2.39. The van der Waals surface area contributed by atoms with E-state index in [0.717, 1.165) is 5.56 Å². The number of benzene rings is 1. The van der Waals surface area contributed by atoms with Crippen molar-refractivity contribution in [2.24, 2.45) is 11.8 Å². The molecule has 2 bridgehead atoms. The Kier molecular flexibility index (Phi) is 3.09. The molecule has 0 aromatic heterocycles. The fraction of sp³-hybridized carbons (Fsp3) is 0.412. The summed E-state index contributed by atoms with van der Waals surface area (Å²) in [6.45, 7) is 2.32. The van der Waals surface area contributed by atoms with Crippen molar-refractivity contribution in [1.29, 1.82) is 0 Å². The highest BCUT2D eigenvalue weighted by molar-refractivity contribution is 6.30. The molecule has 3 aliphatic rings. The number of hydrogen-bond acceptors (Lipinski definition) is 3. The van der Waals surface area contributed by atoms with Gasteiger partial charge in [-0.1, -0.05) is 35.9 Å². The van der Waals surface area contributed by atoms with Crippen LogP contribution in [0.3, 0.4) is 0 Å². The minimum Gasteiger partial charge on any atom is -0.481 e. The smallest absolute Gasteiger partial charge is 0.310 e. The number of carboxylic acids is 1. The van der Waals surface area contributed by atoms with Gasteiger partial charge in [-0.2, -0.15) is 0 Å². The van der Waals surface area contributed by atoms with Crippen LogP contribution in [0.15, 0.2) is 36.4 Å². The Morgan fingerprint density at radius 2 is 2.13 bits per heavy atom. The van der Waals surface area contributed by atoms with Crippen LogP contribution in [0.5, 0.6) is 0 Å². The molecule has 0 radical (unpaired) electrons. The summed E-state index contributed by atoms with van der Waals surface area (Å²) in [5.74, 6) is -2.55. The molecule has 1 N–H and O–H groups in total. The number of rotatable bonds is 3. The number of likely N-dealkylation sites (tertiary alicyclic amines) is 1. The van der Waals surface area contributed by atoms with Gasteiger partial charge in [-0.25, -0.2) is 0 Å². The Balaban J connectivity index is 1.66. The molecular weight excluding hydrogens is 318 g/mol. The van der Waals surface area contributed by atoms with Gasteiger partial charge in [0.25, 0.3) is 0 Å². The van der Waals surface area contributed by atoms with Crippen LogP contribution < -0.4 is 0 Å². The van der Waals surface area contributed by atoms with Gasteiger partial charge in [0.05, 0.1) is 24.6 Å². The van der Waals surface area contributed by atoms with Crippen LogP contribution in [0.1, 0.15) is 18.5 Å². The highest BCUT2D eigenvalue weighted by atomic mass is 35.5. The van der Waals surface area contributed by atoms with E-state index in [0.29, 0.717) is 11.6 Å². The fourth-order valence-corrected chi connectivity index (χ4v) is 4.19. The molecular formula is C17H16ClNO4. The molecule has 0 aliphatic carbocycles. The number of carbonyl (C=O) groups excluding carboxylic acids is 1. The van der Waals surface area contributed by atoms with Gasteiger partial charge in [-0.3, -0.25) is 9.59 Å². The molecule has 2 fully saturated rings. The van der Waals surface area contributed by atoms with Crippen LogP contribution in [0.4, 0.5) is 0 Å². The zero-order chi connectivity index (χ0) is 16.4. The summed E-state index contributed by atoms with van der Waals surface area (Å²) < 4.78 is 5.89. The van der Waals surface area contributed by atoms with Crippen molar-refractivity contribution in [3.8, 4) is 0 Å². The molecule has 1 aromatic rings. The second-order valence-corrected chi connectivity index (χ2v) is 6.87. The van der Waals surface area contributed by atoms with E-state index in [9.17, 15) is 14.7 Å². The zero-order valence-electron chi connectivity index (χ0n) is 12.5. The van der Waals surface area contributed by atoms with Gasteiger partial charge in [0.2, 0.25) is 5.91 Å². The lowest BCUT2D eigenvalue weighted by molar-refractivity contribution is -0.148. The second kappa shape index (κ2) is 4.82. The fourth-order valence-electron chi connectivity index (χ4n) is 4.06. The summed E-state index contributed by atoms with van der Waals surface area (Å²) in [6.07, 6.45) is 3.15. The van der Waals surface area contributed by atoms with Gasteiger partial charge in [-0.05, 0) is 24.6 Å². The Morgan fingerprint density at radius 1 is 1.43 bits per heavy atom. The number of carbonyl (C=O) groups is 2. The Hall–Kier alpha value is -1.85. The molecule has 1 amide bonds. The summed E-state index contributed by atoms with van der Waals surface area (Å²) in [7, 11) is 0. The van der Waals surface area contributed by atoms with Crippen molar-refractivity contribution < 1.29 is 19.4 Å². The number of hydrogen-bond donors (Lipinski definition) is 1. The van der Waals surface area contributed by atoms with E-state index < -0.39 is 29.5 Å². The summed E-state index contributed by atoms with van der Waals surface area (Å²) in [5, 5.41) is 10.1. The molecule has 23 heavy (non-hydrogen) atoms. The maximum absolute atomic E-state index is 12.9. The third-order valence-corrected chi connectivity index (χ3v) is 5.49. The van der Waals surface area contributed by atoms with E-state index in [-0.39, 0.29) is 11.9 Å². The number of nitrogens with zero attached hydrogens (tertiary/aromatic N) is 1. The topological polar surface area (TPSA) is 66.8 Å². The van der Waals surface area contributed by atoms with E-state index in [4.69, 9.17) is 16.3 Å². The van der Waals surface area contributed by atoms with Gasteiger partial charge >= 0.3 is 5.97 Å². The summed E-state index contributed by atoms with van der Waals surface area (Å²) >= 11 is 5.91. The van der Waals surface area contributed by atoms with Crippen LogP contribution in [0.2, 0.25) is 5.02 Å². The average Bonchev–Trinajstić information content (AvgIpc) is 3.15. The van der Waals surface area contributed by atoms with Crippen molar-refractivity contribution in [2.45, 2.75) is 24.7 Å². The SMILES string of the molecule is CC(c1ccc(Cl)cc1)N1CC23C=CC(O2)C(C(=O)O)C3C1=O. The third kappa shape index (κ3) is 1.96. The molecule has 1 spiro atoms. The molecule has 3 aliphatic heterocycles. The number of carboxylic acid groups (broad SMARTS) is 1. The van der Waals surface area contributed by atoms with E-state index in [1.54, 1.807) is 23.1 Å². The van der Waals surface area contributed by atoms with Crippen LogP contribution in [0, 0.1) is 11.8 Å². The number of fused-ring (bicyclic) bond motifs is 1. The highest BCUT2D eigenvalue weighted by Gasteiger charge is 2.67. The average molecular weight is 334 g/mol. The first-order valence-electron chi connectivity index (χ1n) is 7.59. The first-order chi connectivity index (χ1) is 10.9. The van der Waals surface area contributed by atoms with Crippen molar-refractivity contribution >= 4 is 23.5 Å². The molecule has 2 saturated heterocycles. The predicted octanol–water partition coefficient (Wildman–Crippen LogP) is 2.27. The molecule has 3 heterocycles. The number of halogens is 1. The molecule has 0 saturated carbocycles. The van der Waals surface area contributed by atoms with E-state index in [1.807, 2.05) is 25.1 Å². The molecule has 6 heteroatoms. The number of amides is 1. The quantitative estimate of drug-likeness (QED) is 0.862. The predicted molar refractivity (Wildman–Crippen MR) is 82.9 cm³/mol. The lowest BCUT2D eigenvalue weighted by Gasteiger charge is -2.27. The molecule has 5 atom stereocenters. The van der Waals surface area contributed by atoms with Gasteiger partial charge in [0.15, 0.2) is 0 Å². The van der Waals surface area contributed by atoms with Crippen molar-refractivity contribution in [2.75, 3.05) is 6.54 Å². The van der Waals surface area contributed by atoms with Gasteiger partial charge < -0.3 is 14.7 Å². The maximum atomic E-state index is 12.9. The zero-order valence-corrected chi connectivity index (χ0v) is 13.2. The summed E-state index contributed by atoms with van der Waals surface area (Å²) in [6, 6.07) is 7.18. The summed E-state index contributed by atoms with van der Waals surface area (Å²) in [4.78, 5) is 26.2. The maximum Gasteiger partial charge on any atom is 0.310 e. The Labute approximate surface area is 138 Å². The van der Waals surface area contributed by atoms with Gasteiger partial charge in [0.1, 0.15) is 11.5 Å². The molecule has 5 nitrogen and oxygen atoms in total. The normalized spacial score (nSPS) is 35.7. The molecule has 5 unspecified atom stereocenters. The van der Waals surface area contributed by atoms with Crippen LogP contribution in [-0.2, 0) is 14.3 Å². The standard InChI is InChI=1S/C17H16ClNO4/c1-9(10-2-4-11(18)5-3-10)19-8-17-7-6-12(23-17)13(16(21)22)14(17)15(19)20/h2-7,9,12-14H,8H2,1H3,(H,21,22).